The summed E-state index contributed by atoms with van der Waals surface area (Å²) in [7, 11) is 0. The van der Waals surface area contributed by atoms with Gasteiger partial charge in [-0.15, -0.1) is 0 Å². The Morgan fingerprint density at radius 1 is 1.17 bits per heavy atom. The number of nitrogens with zero attached hydrogens (tertiary/aromatic N) is 2. The molecule has 1 unspecified atom stereocenters. The number of hydrogen-bond donors (Lipinski definition) is 0. The number of oxazole rings is 2. The van der Waals surface area contributed by atoms with Crippen LogP contribution in [0.3, 0.4) is 0 Å². The molecule has 0 aliphatic rings. The summed E-state index contributed by atoms with van der Waals surface area (Å²) in [6.07, 6.45) is 2.46. The van der Waals surface area contributed by atoms with E-state index in [9.17, 15) is 0 Å². The maximum Gasteiger partial charge on any atom is 0.195 e. The maximum atomic E-state index is 5.71. The zero-order valence-electron chi connectivity index (χ0n) is 11.7. The van der Waals surface area contributed by atoms with Gasteiger partial charge in [-0.2, -0.15) is 0 Å². The van der Waals surface area contributed by atoms with Crippen LogP contribution in [0.2, 0.25) is 0 Å². The van der Waals surface area contributed by atoms with E-state index in [1.165, 1.54) is 0 Å². The van der Waals surface area contributed by atoms with Gasteiger partial charge in [0.1, 0.15) is 12.0 Å². The minimum Gasteiger partial charge on any atom is -0.449 e. The van der Waals surface area contributed by atoms with Crippen LogP contribution in [0.15, 0.2) is 15.1 Å². The number of rotatable bonds is 4. The number of aryl methyl sites for hydroxylation is 2. The van der Waals surface area contributed by atoms with Crippen molar-refractivity contribution in [2.24, 2.45) is 0 Å². The largest absolute Gasteiger partial charge is 0.449 e. The second kappa shape index (κ2) is 4.96. The predicted octanol–water partition coefficient (Wildman–Crippen LogP) is 3.75. The Kier molecular flexibility index (Phi) is 3.55. The number of aromatic nitrogens is 2. The highest BCUT2D eigenvalue weighted by Crippen LogP contribution is 2.24. The van der Waals surface area contributed by atoms with Crippen LogP contribution in [0.1, 0.15) is 61.5 Å². The minimum absolute atomic E-state index is 0.250. The van der Waals surface area contributed by atoms with Gasteiger partial charge in [-0.1, -0.05) is 20.8 Å². The molecule has 2 heterocycles. The van der Waals surface area contributed by atoms with E-state index < -0.39 is 0 Å². The Morgan fingerprint density at radius 3 is 2.39 bits per heavy atom. The third-order valence-corrected chi connectivity index (χ3v) is 3.05. The summed E-state index contributed by atoms with van der Waals surface area (Å²) in [5.74, 6) is 3.05. The highest BCUT2D eigenvalue weighted by molar-refractivity contribution is 5.14. The Morgan fingerprint density at radius 2 is 1.89 bits per heavy atom. The van der Waals surface area contributed by atoms with Crippen molar-refractivity contribution >= 4 is 0 Å². The summed E-state index contributed by atoms with van der Waals surface area (Å²) in [4.78, 5) is 8.89. The molecule has 0 N–H and O–H groups in total. The summed E-state index contributed by atoms with van der Waals surface area (Å²) in [6, 6.07) is 0. The van der Waals surface area contributed by atoms with Gasteiger partial charge in [-0.3, -0.25) is 0 Å². The maximum absolute atomic E-state index is 5.71. The normalized spacial score (nSPS) is 13.2. The molecule has 2 aromatic heterocycles. The van der Waals surface area contributed by atoms with Crippen LogP contribution in [0.25, 0.3) is 0 Å². The molecular weight excluding hydrogens is 228 g/mol. The van der Waals surface area contributed by atoms with E-state index in [-0.39, 0.29) is 5.92 Å². The molecule has 18 heavy (non-hydrogen) atoms. The summed E-state index contributed by atoms with van der Waals surface area (Å²) < 4.78 is 10.9. The van der Waals surface area contributed by atoms with Gasteiger partial charge in [0.15, 0.2) is 11.8 Å². The molecule has 0 bridgehead atoms. The van der Waals surface area contributed by atoms with Crippen molar-refractivity contribution in [2.75, 3.05) is 0 Å². The standard InChI is InChI=1S/C14H20N2O2/c1-8(2)14-10(4)18-13(16-14)6-9(3)12-7-17-11(5)15-12/h7-9H,6H2,1-5H3. The molecule has 1 atom stereocenters. The summed E-state index contributed by atoms with van der Waals surface area (Å²) in [5, 5.41) is 0. The topological polar surface area (TPSA) is 52.1 Å². The molecule has 0 fully saturated rings. The van der Waals surface area contributed by atoms with Crippen molar-refractivity contribution < 1.29 is 8.83 Å². The average Bonchev–Trinajstić information content (AvgIpc) is 2.85. The van der Waals surface area contributed by atoms with E-state index in [4.69, 9.17) is 8.83 Å². The van der Waals surface area contributed by atoms with E-state index in [1.807, 2.05) is 13.8 Å². The fraction of sp³-hybridized carbons (Fsp3) is 0.571. The van der Waals surface area contributed by atoms with E-state index in [0.717, 1.165) is 29.5 Å². The second-order valence-corrected chi connectivity index (χ2v) is 5.10. The van der Waals surface area contributed by atoms with E-state index in [1.54, 1.807) is 6.26 Å². The second-order valence-electron chi connectivity index (χ2n) is 5.10. The Bertz CT molecular complexity index is 526. The van der Waals surface area contributed by atoms with Crippen molar-refractivity contribution in [3.63, 3.8) is 0 Å². The van der Waals surface area contributed by atoms with Crippen molar-refractivity contribution in [2.45, 2.75) is 52.9 Å². The van der Waals surface area contributed by atoms with Gasteiger partial charge in [-0.25, -0.2) is 9.97 Å². The molecule has 0 aliphatic carbocycles. The first-order valence-corrected chi connectivity index (χ1v) is 6.35. The lowest BCUT2D eigenvalue weighted by atomic mass is 10.1. The van der Waals surface area contributed by atoms with E-state index in [0.29, 0.717) is 11.8 Å². The molecule has 0 spiro atoms. The molecule has 0 saturated heterocycles. The summed E-state index contributed by atoms with van der Waals surface area (Å²) in [6.45, 7) is 10.2. The molecule has 98 valence electrons. The van der Waals surface area contributed by atoms with Gasteiger partial charge in [0.2, 0.25) is 0 Å². The van der Waals surface area contributed by atoms with Gasteiger partial charge in [0.25, 0.3) is 0 Å². The third kappa shape index (κ3) is 2.63. The van der Waals surface area contributed by atoms with Crippen LogP contribution in [0.5, 0.6) is 0 Å². The number of hydrogen-bond acceptors (Lipinski definition) is 4. The van der Waals surface area contributed by atoms with Gasteiger partial charge < -0.3 is 8.83 Å². The lowest BCUT2D eigenvalue weighted by molar-refractivity contribution is 0.454. The molecule has 4 nitrogen and oxygen atoms in total. The van der Waals surface area contributed by atoms with Crippen molar-refractivity contribution in [3.05, 3.63) is 35.2 Å². The summed E-state index contributed by atoms with van der Waals surface area (Å²) >= 11 is 0. The van der Waals surface area contributed by atoms with Crippen molar-refractivity contribution in [3.8, 4) is 0 Å². The van der Waals surface area contributed by atoms with Crippen LogP contribution < -0.4 is 0 Å². The predicted molar refractivity (Wildman–Crippen MR) is 68.7 cm³/mol. The monoisotopic (exact) mass is 248 g/mol. The SMILES string of the molecule is Cc1nc(C(C)Cc2nc(C(C)C)c(C)o2)co1. The first-order chi connectivity index (χ1) is 8.47. The molecular formula is C14H20N2O2. The van der Waals surface area contributed by atoms with Crippen LogP contribution in [-0.4, -0.2) is 9.97 Å². The van der Waals surface area contributed by atoms with Crippen LogP contribution in [0.4, 0.5) is 0 Å². The van der Waals surface area contributed by atoms with Crippen molar-refractivity contribution in [1.82, 2.24) is 9.97 Å². The molecule has 0 aromatic carbocycles. The molecule has 4 heteroatoms. The smallest absolute Gasteiger partial charge is 0.195 e. The molecule has 0 saturated carbocycles. The molecule has 0 aliphatic heterocycles. The highest BCUT2D eigenvalue weighted by Gasteiger charge is 2.17. The summed E-state index contributed by atoms with van der Waals surface area (Å²) in [5.41, 5.74) is 2.00. The zero-order valence-corrected chi connectivity index (χ0v) is 11.7. The Balaban J connectivity index is 2.12. The average molecular weight is 248 g/mol. The molecule has 0 amide bonds. The highest BCUT2D eigenvalue weighted by atomic mass is 16.4. The van der Waals surface area contributed by atoms with Gasteiger partial charge in [0.05, 0.1) is 11.4 Å². The first kappa shape index (κ1) is 12.9. The van der Waals surface area contributed by atoms with Crippen LogP contribution in [0, 0.1) is 13.8 Å². The van der Waals surface area contributed by atoms with Crippen LogP contribution in [-0.2, 0) is 6.42 Å². The fourth-order valence-corrected chi connectivity index (χ4v) is 2.06. The van der Waals surface area contributed by atoms with Crippen LogP contribution >= 0.6 is 0 Å². The Hall–Kier alpha value is -1.58. The van der Waals surface area contributed by atoms with Gasteiger partial charge in [0, 0.05) is 19.3 Å². The van der Waals surface area contributed by atoms with E-state index in [2.05, 4.69) is 30.7 Å². The molecule has 0 radical (unpaired) electrons. The van der Waals surface area contributed by atoms with Gasteiger partial charge in [-0.05, 0) is 12.8 Å². The third-order valence-electron chi connectivity index (χ3n) is 3.05. The lowest BCUT2D eigenvalue weighted by Gasteiger charge is -2.03. The van der Waals surface area contributed by atoms with E-state index >= 15 is 0 Å². The lowest BCUT2D eigenvalue weighted by Crippen LogP contribution is -2.00. The molecule has 2 aromatic rings. The molecule has 2 rings (SSSR count). The quantitative estimate of drug-likeness (QED) is 0.826. The fourth-order valence-electron chi connectivity index (χ4n) is 2.06. The zero-order chi connectivity index (χ0) is 13.3. The van der Waals surface area contributed by atoms with Gasteiger partial charge >= 0.3 is 0 Å². The minimum atomic E-state index is 0.250. The Labute approximate surface area is 107 Å². The first-order valence-electron chi connectivity index (χ1n) is 6.35. The van der Waals surface area contributed by atoms with Crippen molar-refractivity contribution in [1.29, 1.82) is 0 Å².